The predicted octanol–water partition coefficient (Wildman–Crippen LogP) is 3.37. The van der Waals surface area contributed by atoms with E-state index < -0.39 is 35.3 Å². The summed E-state index contributed by atoms with van der Waals surface area (Å²) in [5.41, 5.74) is 0. The fourth-order valence-electron chi connectivity index (χ4n) is 4.01. The van der Waals surface area contributed by atoms with Crippen molar-refractivity contribution < 1.29 is 27.5 Å². The third-order valence-corrected chi connectivity index (χ3v) is 5.47. The highest BCUT2D eigenvalue weighted by atomic mass is 35.5. The number of carbonyl (C=O) groups is 2. The fourth-order valence-corrected chi connectivity index (χ4v) is 4.26. The molecule has 0 spiro atoms. The van der Waals surface area contributed by atoms with Gasteiger partial charge >= 0.3 is 12.1 Å². The normalized spacial score (nSPS) is 29.0. The Bertz CT molecular complexity index is 478. The first kappa shape index (κ1) is 19.5. The van der Waals surface area contributed by atoms with E-state index in [0.29, 0.717) is 32.5 Å². The summed E-state index contributed by atoms with van der Waals surface area (Å²) in [7, 11) is 0. The molecule has 2 unspecified atom stereocenters. The maximum atomic E-state index is 13.1. The Morgan fingerprint density at radius 3 is 2.12 bits per heavy atom. The lowest BCUT2D eigenvalue weighted by molar-refractivity contribution is -0.192. The van der Waals surface area contributed by atoms with Gasteiger partial charge in [0.25, 0.3) is 0 Å². The minimum atomic E-state index is -4.92. The Morgan fingerprint density at radius 2 is 1.71 bits per heavy atom. The topological polar surface area (TPSA) is 46.6 Å². The van der Waals surface area contributed by atoms with Crippen LogP contribution in [0.25, 0.3) is 0 Å². The number of alkyl halides is 3. The molecule has 1 amide bonds. The van der Waals surface area contributed by atoms with Crippen molar-refractivity contribution in [2.75, 3.05) is 13.2 Å². The van der Waals surface area contributed by atoms with Crippen molar-refractivity contribution >= 4 is 22.8 Å². The van der Waals surface area contributed by atoms with E-state index >= 15 is 0 Å². The Morgan fingerprint density at radius 1 is 1.12 bits per heavy atom. The van der Waals surface area contributed by atoms with Crippen LogP contribution in [0.1, 0.15) is 39.5 Å². The van der Waals surface area contributed by atoms with Crippen LogP contribution in [0.4, 0.5) is 13.2 Å². The molecule has 1 aliphatic heterocycles. The van der Waals surface area contributed by atoms with Crippen LogP contribution >= 0.6 is 11.6 Å². The van der Waals surface area contributed by atoms with Gasteiger partial charge in [0.2, 0.25) is 5.24 Å². The summed E-state index contributed by atoms with van der Waals surface area (Å²) in [6.45, 7) is 4.52. The van der Waals surface area contributed by atoms with Crippen LogP contribution in [-0.2, 0) is 14.3 Å². The molecule has 138 valence electrons. The minimum absolute atomic E-state index is 0.108. The van der Waals surface area contributed by atoms with Crippen molar-refractivity contribution in [3.63, 3.8) is 0 Å². The summed E-state index contributed by atoms with van der Waals surface area (Å²) in [6, 6.07) is -1.11. The second-order valence-electron chi connectivity index (χ2n) is 7.00. The second kappa shape index (κ2) is 7.60. The molecule has 0 aromatic heterocycles. The number of hydrogen-bond acceptors (Lipinski definition) is 3. The lowest BCUT2D eigenvalue weighted by atomic mass is 9.87. The SMILES string of the molecule is CC(C)C1C[C@@H](N(C(=O)C(F)(F)F)C2CCOCC2)CC1C(=O)Cl. The molecule has 8 heteroatoms. The van der Waals surface area contributed by atoms with Gasteiger partial charge in [0.15, 0.2) is 0 Å². The zero-order valence-corrected chi connectivity index (χ0v) is 14.6. The van der Waals surface area contributed by atoms with Gasteiger partial charge in [-0.1, -0.05) is 13.8 Å². The summed E-state index contributed by atoms with van der Waals surface area (Å²) >= 11 is 5.66. The molecular weight excluding hydrogens is 347 g/mol. The molecule has 3 atom stereocenters. The van der Waals surface area contributed by atoms with E-state index in [1.54, 1.807) is 0 Å². The summed E-state index contributed by atoms with van der Waals surface area (Å²) in [4.78, 5) is 24.7. The largest absolute Gasteiger partial charge is 0.471 e. The van der Waals surface area contributed by atoms with Gasteiger partial charge in [0.1, 0.15) is 0 Å². The molecule has 0 aromatic rings. The smallest absolute Gasteiger partial charge is 0.381 e. The molecule has 0 N–H and O–H groups in total. The van der Waals surface area contributed by atoms with E-state index in [2.05, 4.69) is 0 Å². The quantitative estimate of drug-likeness (QED) is 0.714. The van der Waals surface area contributed by atoms with Crippen molar-refractivity contribution in [1.82, 2.24) is 4.90 Å². The molecular formula is C16H23ClF3NO3. The summed E-state index contributed by atoms with van der Waals surface area (Å²) in [5.74, 6) is -2.31. The number of hydrogen-bond donors (Lipinski definition) is 0. The number of rotatable bonds is 4. The molecule has 4 nitrogen and oxygen atoms in total. The van der Waals surface area contributed by atoms with E-state index in [1.165, 1.54) is 0 Å². The number of carbonyl (C=O) groups excluding carboxylic acids is 2. The minimum Gasteiger partial charge on any atom is -0.381 e. The molecule has 24 heavy (non-hydrogen) atoms. The van der Waals surface area contributed by atoms with Crippen LogP contribution in [-0.4, -0.2) is 47.5 Å². The number of nitrogens with zero attached hydrogens (tertiary/aromatic N) is 1. The Balaban J connectivity index is 2.26. The zero-order valence-electron chi connectivity index (χ0n) is 13.8. The third-order valence-electron chi connectivity index (χ3n) is 5.19. The van der Waals surface area contributed by atoms with Gasteiger partial charge < -0.3 is 9.64 Å². The van der Waals surface area contributed by atoms with Gasteiger partial charge in [-0.15, -0.1) is 0 Å². The van der Waals surface area contributed by atoms with Crippen molar-refractivity contribution in [3.05, 3.63) is 0 Å². The lowest BCUT2D eigenvalue weighted by Crippen LogP contribution is -2.53. The van der Waals surface area contributed by atoms with Gasteiger partial charge in [-0.25, -0.2) is 0 Å². The third kappa shape index (κ3) is 4.23. The maximum absolute atomic E-state index is 13.1. The van der Waals surface area contributed by atoms with Crippen LogP contribution in [0.5, 0.6) is 0 Å². The standard InChI is InChI=1S/C16H23ClF3NO3/c1-9(2)12-7-11(8-13(12)14(17)22)21(15(23)16(18,19)20)10-3-5-24-6-4-10/h9-13H,3-8H2,1-2H3/t11-,12?,13?/m1/s1. The number of halogens is 4. The van der Waals surface area contributed by atoms with E-state index in [4.69, 9.17) is 16.3 Å². The first-order valence-electron chi connectivity index (χ1n) is 8.29. The van der Waals surface area contributed by atoms with Crippen molar-refractivity contribution in [1.29, 1.82) is 0 Å². The highest BCUT2D eigenvalue weighted by Gasteiger charge is 2.51. The highest BCUT2D eigenvalue weighted by molar-refractivity contribution is 6.64. The van der Waals surface area contributed by atoms with Crippen LogP contribution in [0.15, 0.2) is 0 Å². The first-order valence-corrected chi connectivity index (χ1v) is 8.67. The Kier molecular flexibility index (Phi) is 6.18. The van der Waals surface area contributed by atoms with Gasteiger partial charge in [-0.05, 0) is 49.1 Å². The van der Waals surface area contributed by atoms with Crippen LogP contribution in [0.3, 0.4) is 0 Å². The predicted molar refractivity (Wildman–Crippen MR) is 82.4 cm³/mol. The molecule has 0 bridgehead atoms. The fraction of sp³-hybridized carbons (Fsp3) is 0.875. The van der Waals surface area contributed by atoms with E-state index in [-0.39, 0.29) is 18.3 Å². The van der Waals surface area contributed by atoms with Crippen LogP contribution in [0, 0.1) is 17.8 Å². The Labute approximate surface area is 144 Å². The van der Waals surface area contributed by atoms with Crippen molar-refractivity contribution in [3.8, 4) is 0 Å². The van der Waals surface area contributed by atoms with Crippen molar-refractivity contribution in [2.24, 2.45) is 17.8 Å². The molecule has 2 fully saturated rings. The molecule has 1 saturated carbocycles. The monoisotopic (exact) mass is 369 g/mol. The first-order chi connectivity index (χ1) is 11.1. The second-order valence-corrected chi connectivity index (χ2v) is 7.37. The summed E-state index contributed by atoms with van der Waals surface area (Å²) in [6.07, 6.45) is -3.59. The van der Waals surface area contributed by atoms with Gasteiger partial charge in [-0.2, -0.15) is 13.2 Å². The lowest BCUT2D eigenvalue weighted by Gasteiger charge is -2.39. The summed E-state index contributed by atoms with van der Waals surface area (Å²) in [5, 5.41) is -0.525. The zero-order chi connectivity index (χ0) is 18.1. The van der Waals surface area contributed by atoms with Crippen LogP contribution < -0.4 is 0 Å². The van der Waals surface area contributed by atoms with Crippen LogP contribution in [0.2, 0.25) is 0 Å². The van der Waals surface area contributed by atoms with Gasteiger partial charge in [-0.3, -0.25) is 9.59 Å². The number of ether oxygens (including phenoxy) is 1. The van der Waals surface area contributed by atoms with Gasteiger partial charge in [0.05, 0.1) is 0 Å². The Hall–Kier alpha value is -0.820. The molecule has 1 saturated heterocycles. The molecule has 0 radical (unpaired) electrons. The molecule has 0 aromatic carbocycles. The average Bonchev–Trinajstić information content (AvgIpc) is 2.93. The number of amides is 1. The molecule has 1 heterocycles. The van der Waals surface area contributed by atoms with Gasteiger partial charge in [0, 0.05) is 31.2 Å². The molecule has 1 aliphatic carbocycles. The van der Waals surface area contributed by atoms with E-state index in [9.17, 15) is 22.8 Å². The average molecular weight is 370 g/mol. The molecule has 2 aliphatic rings. The maximum Gasteiger partial charge on any atom is 0.471 e. The van der Waals surface area contributed by atoms with Crippen molar-refractivity contribution in [2.45, 2.75) is 57.8 Å². The molecule has 2 rings (SSSR count). The van der Waals surface area contributed by atoms with E-state index in [1.807, 2.05) is 13.8 Å². The highest BCUT2D eigenvalue weighted by Crippen LogP contribution is 2.42. The van der Waals surface area contributed by atoms with E-state index in [0.717, 1.165) is 4.90 Å². The summed E-state index contributed by atoms with van der Waals surface area (Å²) < 4.78 is 44.5.